The summed E-state index contributed by atoms with van der Waals surface area (Å²) in [6.07, 6.45) is 0. The van der Waals surface area contributed by atoms with Crippen molar-refractivity contribution in [3.05, 3.63) is 29.6 Å². The number of halogens is 1. The van der Waals surface area contributed by atoms with Gasteiger partial charge in [-0.05, 0) is 19.1 Å². The standard InChI is InChI=1S/C7H6FO/c1-5-6(8)3-2-4-7(5)9/h2-4H,1H3. The maximum absolute atomic E-state index is 12.4. The Morgan fingerprint density at radius 1 is 1.44 bits per heavy atom. The highest BCUT2D eigenvalue weighted by Crippen LogP contribution is 2.17. The van der Waals surface area contributed by atoms with E-state index in [-0.39, 0.29) is 11.3 Å². The van der Waals surface area contributed by atoms with E-state index in [1.54, 1.807) is 0 Å². The van der Waals surface area contributed by atoms with Crippen LogP contribution in [0.25, 0.3) is 0 Å². The largest absolute Gasteiger partial charge is 0.290 e. The lowest BCUT2D eigenvalue weighted by Crippen LogP contribution is -1.78. The molecule has 9 heavy (non-hydrogen) atoms. The van der Waals surface area contributed by atoms with Crippen LogP contribution in [0.5, 0.6) is 5.75 Å². The molecular weight excluding hydrogens is 119 g/mol. The van der Waals surface area contributed by atoms with E-state index in [0.29, 0.717) is 0 Å². The quantitative estimate of drug-likeness (QED) is 0.507. The summed E-state index contributed by atoms with van der Waals surface area (Å²) >= 11 is 0. The van der Waals surface area contributed by atoms with Crippen LogP contribution in [0.2, 0.25) is 0 Å². The van der Waals surface area contributed by atoms with Crippen molar-refractivity contribution in [3.63, 3.8) is 0 Å². The van der Waals surface area contributed by atoms with Gasteiger partial charge in [-0.2, -0.15) is 0 Å². The van der Waals surface area contributed by atoms with Gasteiger partial charge in [-0.1, -0.05) is 6.07 Å². The van der Waals surface area contributed by atoms with E-state index in [0.717, 1.165) is 0 Å². The molecule has 0 aromatic heterocycles. The number of hydrogen-bond acceptors (Lipinski definition) is 0. The average Bonchev–Trinajstić information content (AvgIpc) is 1.83. The smallest absolute Gasteiger partial charge is 0.184 e. The minimum Gasteiger partial charge on any atom is -0.290 e. The molecule has 1 aromatic carbocycles. The fraction of sp³-hybridized carbons (Fsp3) is 0.143. The van der Waals surface area contributed by atoms with Gasteiger partial charge in [-0.25, -0.2) is 4.39 Å². The highest BCUT2D eigenvalue weighted by atomic mass is 19.1. The molecule has 0 spiro atoms. The van der Waals surface area contributed by atoms with E-state index >= 15 is 0 Å². The molecule has 0 saturated heterocycles. The topological polar surface area (TPSA) is 19.9 Å². The Bertz CT molecular complexity index is 200. The van der Waals surface area contributed by atoms with Crippen molar-refractivity contribution in [2.24, 2.45) is 0 Å². The molecule has 0 saturated carbocycles. The van der Waals surface area contributed by atoms with Crippen LogP contribution < -0.4 is 0 Å². The molecule has 1 rings (SSSR count). The second-order valence-corrected chi connectivity index (χ2v) is 1.86. The zero-order chi connectivity index (χ0) is 6.85. The van der Waals surface area contributed by atoms with Crippen LogP contribution in [0.4, 0.5) is 4.39 Å². The maximum atomic E-state index is 12.4. The summed E-state index contributed by atoms with van der Waals surface area (Å²) in [7, 11) is 0. The molecule has 0 heterocycles. The van der Waals surface area contributed by atoms with Gasteiger partial charge in [0.1, 0.15) is 5.82 Å². The molecule has 0 fully saturated rings. The monoisotopic (exact) mass is 125 g/mol. The second-order valence-electron chi connectivity index (χ2n) is 1.86. The van der Waals surface area contributed by atoms with E-state index in [9.17, 15) is 9.50 Å². The van der Waals surface area contributed by atoms with Crippen LogP contribution in [-0.2, 0) is 5.11 Å². The molecule has 0 aliphatic carbocycles. The van der Waals surface area contributed by atoms with Gasteiger partial charge >= 0.3 is 0 Å². The lowest BCUT2D eigenvalue weighted by molar-refractivity contribution is 0.348. The van der Waals surface area contributed by atoms with Gasteiger partial charge < -0.3 is 0 Å². The molecule has 47 valence electrons. The van der Waals surface area contributed by atoms with E-state index in [1.165, 1.54) is 25.1 Å². The minimum absolute atomic E-state index is 0.192. The molecule has 0 atom stereocenters. The van der Waals surface area contributed by atoms with E-state index < -0.39 is 5.82 Å². The van der Waals surface area contributed by atoms with Gasteiger partial charge in [-0.3, -0.25) is 5.11 Å². The zero-order valence-electron chi connectivity index (χ0n) is 5.02. The highest BCUT2D eigenvalue weighted by Gasteiger charge is 2.00. The Morgan fingerprint density at radius 3 is 2.56 bits per heavy atom. The van der Waals surface area contributed by atoms with Crippen LogP contribution >= 0.6 is 0 Å². The fourth-order valence-corrected chi connectivity index (χ4v) is 0.588. The van der Waals surface area contributed by atoms with E-state index in [1.807, 2.05) is 0 Å². The molecule has 1 radical (unpaired) electrons. The Balaban J connectivity index is 3.25. The molecule has 0 unspecified atom stereocenters. The normalized spacial score (nSPS) is 9.56. The average molecular weight is 125 g/mol. The second kappa shape index (κ2) is 2.05. The first-order valence-electron chi connectivity index (χ1n) is 2.64. The van der Waals surface area contributed by atoms with Gasteiger partial charge in [0, 0.05) is 5.56 Å². The van der Waals surface area contributed by atoms with Gasteiger partial charge in [0.05, 0.1) is 0 Å². The van der Waals surface area contributed by atoms with Crippen LogP contribution in [0, 0.1) is 12.7 Å². The van der Waals surface area contributed by atoms with Gasteiger partial charge in [0.2, 0.25) is 0 Å². The summed E-state index contributed by atoms with van der Waals surface area (Å²) in [5.41, 5.74) is 0.192. The van der Waals surface area contributed by atoms with Crippen molar-refractivity contribution in [2.75, 3.05) is 0 Å². The third kappa shape index (κ3) is 1.02. The minimum atomic E-state index is -0.428. The summed E-state index contributed by atoms with van der Waals surface area (Å²) in [5.74, 6) is -0.669. The van der Waals surface area contributed by atoms with E-state index in [2.05, 4.69) is 0 Å². The zero-order valence-corrected chi connectivity index (χ0v) is 5.02. The molecule has 1 aromatic rings. The third-order valence-corrected chi connectivity index (χ3v) is 1.22. The van der Waals surface area contributed by atoms with Gasteiger partial charge in [-0.15, -0.1) is 0 Å². The fourth-order valence-electron chi connectivity index (χ4n) is 0.588. The molecule has 0 aliphatic heterocycles. The van der Waals surface area contributed by atoms with Gasteiger partial charge in [0.25, 0.3) is 0 Å². The first-order valence-corrected chi connectivity index (χ1v) is 2.64. The first kappa shape index (κ1) is 6.08. The van der Waals surface area contributed by atoms with E-state index in [4.69, 9.17) is 0 Å². The van der Waals surface area contributed by atoms with Crippen molar-refractivity contribution in [1.82, 2.24) is 0 Å². The SMILES string of the molecule is Cc1c([O])cccc1F. The number of benzene rings is 1. The summed E-state index contributed by atoms with van der Waals surface area (Å²) in [6.45, 7) is 1.47. The van der Waals surface area contributed by atoms with Crippen molar-refractivity contribution in [2.45, 2.75) is 6.92 Å². The molecule has 0 bridgehead atoms. The summed E-state index contributed by atoms with van der Waals surface area (Å²) in [5, 5.41) is 10.6. The Hall–Kier alpha value is -1.05. The number of hydrogen-bond donors (Lipinski definition) is 0. The van der Waals surface area contributed by atoms with Gasteiger partial charge in [0.15, 0.2) is 5.75 Å². The summed E-state index contributed by atoms with van der Waals surface area (Å²) in [6, 6.07) is 4.03. The van der Waals surface area contributed by atoms with Crippen LogP contribution in [0.1, 0.15) is 5.56 Å². The summed E-state index contributed by atoms with van der Waals surface area (Å²) in [4.78, 5) is 0. The lowest BCUT2D eigenvalue weighted by atomic mass is 10.2. The predicted octanol–water partition coefficient (Wildman–Crippen LogP) is 2.28. The lowest BCUT2D eigenvalue weighted by Gasteiger charge is -1.93. The highest BCUT2D eigenvalue weighted by molar-refractivity contribution is 5.31. The molecule has 0 aliphatic rings. The van der Waals surface area contributed by atoms with Crippen LogP contribution in [-0.4, -0.2) is 0 Å². The molecule has 0 N–H and O–H groups in total. The number of rotatable bonds is 0. The van der Waals surface area contributed by atoms with Crippen LogP contribution in [0.3, 0.4) is 0 Å². The molecule has 2 heteroatoms. The maximum Gasteiger partial charge on any atom is 0.184 e. The Kier molecular flexibility index (Phi) is 1.39. The Morgan fingerprint density at radius 2 is 2.11 bits per heavy atom. The Labute approximate surface area is 52.8 Å². The first-order chi connectivity index (χ1) is 4.22. The molecular formula is C7H6FO. The third-order valence-electron chi connectivity index (χ3n) is 1.22. The molecule has 0 amide bonds. The predicted molar refractivity (Wildman–Crippen MR) is 31.3 cm³/mol. The van der Waals surface area contributed by atoms with Crippen molar-refractivity contribution < 1.29 is 9.50 Å². The van der Waals surface area contributed by atoms with Crippen molar-refractivity contribution in [3.8, 4) is 5.75 Å². The van der Waals surface area contributed by atoms with Crippen LogP contribution in [0.15, 0.2) is 18.2 Å². The van der Waals surface area contributed by atoms with Crippen molar-refractivity contribution >= 4 is 0 Å². The summed E-state index contributed by atoms with van der Waals surface area (Å²) < 4.78 is 12.4. The molecule has 1 nitrogen and oxygen atoms in total. The van der Waals surface area contributed by atoms with Crippen molar-refractivity contribution in [1.29, 1.82) is 0 Å².